The number of nitrogens with one attached hydrogen (secondary N) is 1. The van der Waals surface area contributed by atoms with Gasteiger partial charge in [0, 0.05) is 12.1 Å². The first-order valence-electron chi connectivity index (χ1n) is 4.60. The molecule has 6 N–H and O–H groups in total. The fraction of sp³-hybridized carbons (Fsp3) is 0.889. The Morgan fingerprint density at radius 1 is 1.43 bits per heavy atom. The molecule has 5 heteroatoms. The Labute approximate surface area is 84.8 Å². The van der Waals surface area contributed by atoms with E-state index in [2.05, 4.69) is 5.32 Å². The first-order chi connectivity index (χ1) is 6.08. The zero-order valence-corrected chi connectivity index (χ0v) is 9.29. The van der Waals surface area contributed by atoms with E-state index in [1.807, 2.05) is 13.8 Å². The molecule has 0 aromatic rings. The van der Waals surface area contributed by atoms with Crippen molar-refractivity contribution in [2.24, 2.45) is 11.5 Å². The third-order valence-electron chi connectivity index (χ3n) is 2.66. The molecule has 14 heavy (non-hydrogen) atoms. The minimum Gasteiger partial charge on any atom is -0.389 e. The minimum absolute atomic E-state index is 0.256. The van der Waals surface area contributed by atoms with E-state index in [4.69, 9.17) is 11.5 Å². The van der Waals surface area contributed by atoms with Gasteiger partial charge in [0.05, 0.1) is 11.6 Å². The maximum Gasteiger partial charge on any atom is 0.235 e. The number of amides is 1. The van der Waals surface area contributed by atoms with Crippen molar-refractivity contribution in [1.29, 1.82) is 0 Å². The number of carbonyl (C=O) groups is 1. The second-order valence-electron chi connectivity index (χ2n) is 4.57. The molecule has 0 saturated heterocycles. The van der Waals surface area contributed by atoms with Gasteiger partial charge in [-0.05, 0) is 27.7 Å². The topological polar surface area (TPSA) is 101 Å². The number of hydrogen-bond donors (Lipinski definition) is 4. The first kappa shape index (κ1) is 13.4. The van der Waals surface area contributed by atoms with Gasteiger partial charge < -0.3 is 21.9 Å². The molecule has 0 aromatic carbocycles. The molecule has 0 fully saturated rings. The minimum atomic E-state index is -0.898. The number of rotatable bonds is 5. The molecule has 0 bridgehead atoms. The normalized spacial score (nSPS) is 15.3. The zero-order chi connectivity index (χ0) is 11.6. The summed E-state index contributed by atoms with van der Waals surface area (Å²) in [6.07, 6.45) is 0. The summed E-state index contributed by atoms with van der Waals surface area (Å²) in [6.45, 7) is 7.30. The van der Waals surface area contributed by atoms with Crippen LogP contribution in [-0.4, -0.2) is 34.7 Å². The van der Waals surface area contributed by atoms with Crippen LogP contribution in [0.2, 0.25) is 0 Å². The highest BCUT2D eigenvalue weighted by Gasteiger charge is 2.34. The maximum absolute atomic E-state index is 10.7. The predicted molar refractivity (Wildman–Crippen MR) is 55.5 cm³/mol. The smallest absolute Gasteiger partial charge is 0.235 e. The summed E-state index contributed by atoms with van der Waals surface area (Å²) >= 11 is 0. The van der Waals surface area contributed by atoms with Crippen LogP contribution >= 0.6 is 0 Å². The quantitative estimate of drug-likeness (QED) is 0.457. The van der Waals surface area contributed by atoms with Crippen LogP contribution in [0.25, 0.3) is 0 Å². The van der Waals surface area contributed by atoms with E-state index in [1.54, 1.807) is 13.8 Å². The molecule has 84 valence electrons. The van der Waals surface area contributed by atoms with Gasteiger partial charge in [-0.2, -0.15) is 0 Å². The summed E-state index contributed by atoms with van der Waals surface area (Å²) in [6, 6.07) is -0.725. The Hall–Kier alpha value is -0.650. The van der Waals surface area contributed by atoms with E-state index in [-0.39, 0.29) is 6.54 Å². The van der Waals surface area contributed by atoms with E-state index in [0.29, 0.717) is 0 Å². The molecule has 0 rings (SSSR count). The van der Waals surface area contributed by atoms with Crippen LogP contribution in [0.3, 0.4) is 0 Å². The highest BCUT2D eigenvalue weighted by Crippen LogP contribution is 2.19. The summed E-state index contributed by atoms with van der Waals surface area (Å²) < 4.78 is 0. The summed E-state index contributed by atoms with van der Waals surface area (Å²) in [5, 5.41) is 12.8. The summed E-state index contributed by atoms with van der Waals surface area (Å²) in [5.74, 6) is -0.552. The third-order valence-corrected chi connectivity index (χ3v) is 2.66. The standard InChI is InChI=1S/C9H21N3O2/c1-8(2,9(3,4)14)12-5-6(10)7(11)13/h6,12,14H,5,10H2,1-4H3,(H2,11,13). The van der Waals surface area contributed by atoms with E-state index < -0.39 is 23.1 Å². The summed E-state index contributed by atoms with van der Waals surface area (Å²) in [7, 11) is 0. The SMILES string of the molecule is CC(C)(O)C(C)(C)NCC(N)C(N)=O. The molecule has 0 aliphatic carbocycles. The molecular weight excluding hydrogens is 182 g/mol. The average Bonchev–Trinajstić information content (AvgIpc) is 1.97. The number of aliphatic hydroxyl groups is 1. The Kier molecular flexibility index (Phi) is 4.05. The Morgan fingerprint density at radius 2 is 1.86 bits per heavy atom. The van der Waals surface area contributed by atoms with E-state index in [0.717, 1.165) is 0 Å². The van der Waals surface area contributed by atoms with Crippen LogP contribution in [0.1, 0.15) is 27.7 Å². The number of hydrogen-bond acceptors (Lipinski definition) is 4. The van der Waals surface area contributed by atoms with Gasteiger partial charge in [0.1, 0.15) is 0 Å². The van der Waals surface area contributed by atoms with Crippen molar-refractivity contribution in [1.82, 2.24) is 5.32 Å². The second-order valence-corrected chi connectivity index (χ2v) is 4.57. The molecule has 1 atom stereocenters. The lowest BCUT2D eigenvalue weighted by molar-refractivity contribution is -0.119. The molecule has 1 unspecified atom stereocenters. The van der Waals surface area contributed by atoms with Gasteiger partial charge in [-0.25, -0.2) is 0 Å². The molecule has 0 aliphatic rings. The predicted octanol–water partition coefficient (Wildman–Crippen LogP) is -1.06. The number of carbonyl (C=O) groups excluding carboxylic acids is 1. The van der Waals surface area contributed by atoms with Crippen LogP contribution in [-0.2, 0) is 4.79 Å². The Bertz CT molecular complexity index is 209. The van der Waals surface area contributed by atoms with Crippen molar-refractivity contribution < 1.29 is 9.90 Å². The van der Waals surface area contributed by atoms with Gasteiger partial charge in [-0.15, -0.1) is 0 Å². The van der Waals surface area contributed by atoms with Crippen LogP contribution < -0.4 is 16.8 Å². The third kappa shape index (κ3) is 3.61. The first-order valence-corrected chi connectivity index (χ1v) is 4.60. The molecule has 0 saturated carbocycles. The monoisotopic (exact) mass is 203 g/mol. The van der Waals surface area contributed by atoms with E-state index in [9.17, 15) is 9.90 Å². The molecule has 0 spiro atoms. The number of nitrogens with two attached hydrogens (primary N) is 2. The molecule has 0 aliphatic heterocycles. The van der Waals surface area contributed by atoms with Crippen molar-refractivity contribution >= 4 is 5.91 Å². The van der Waals surface area contributed by atoms with Crippen molar-refractivity contribution in [3.05, 3.63) is 0 Å². The highest BCUT2D eigenvalue weighted by atomic mass is 16.3. The van der Waals surface area contributed by atoms with Gasteiger partial charge in [0.25, 0.3) is 0 Å². The molecule has 0 aromatic heterocycles. The summed E-state index contributed by atoms with van der Waals surface area (Å²) in [5.41, 5.74) is 9.03. The van der Waals surface area contributed by atoms with Crippen molar-refractivity contribution in [2.75, 3.05) is 6.54 Å². The lowest BCUT2D eigenvalue weighted by atomic mass is 9.86. The van der Waals surface area contributed by atoms with Crippen molar-refractivity contribution in [3.63, 3.8) is 0 Å². The molecular formula is C9H21N3O2. The van der Waals surface area contributed by atoms with E-state index >= 15 is 0 Å². The molecule has 1 amide bonds. The lowest BCUT2D eigenvalue weighted by Crippen LogP contribution is -2.59. The average molecular weight is 203 g/mol. The fourth-order valence-corrected chi connectivity index (χ4v) is 0.682. The number of primary amides is 1. The van der Waals surface area contributed by atoms with Gasteiger partial charge in [0.15, 0.2) is 0 Å². The fourth-order valence-electron chi connectivity index (χ4n) is 0.682. The van der Waals surface area contributed by atoms with E-state index in [1.165, 1.54) is 0 Å². The van der Waals surface area contributed by atoms with Crippen LogP contribution in [0.5, 0.6) is 0 Å². The second kappa shape index (κ2) is 4.25. The molecule has 0 heterocycles. The molecule has 0 radical (unpaired) electrons. The van der Waals surface area contributed by atoms with Gasteiger partial charge >= 0.3 is 0 Å². The van der Waals surface area contributed by atoms with Gasteiger partial charge in [0.2, 0.25) is 5.91 Å². The zero-order valence-electron chi connectivity index (χ0n) is 9.29. The largest absolute Gasteiger partial charge is 0.389 e. The maximum atomic E-state index is 10.7. The Balaban J connectivity index is 4.20. The van der Waals surface area contributed by atoms with Crippen LogP contribution in [0, 0.1) is 0 Å². The van der Waals surface area contributed by atoms with Crippen molar-refractivity contribution in [3.8, 4) is 0 Å². The van der Waals surface area contributed by atoms with Gasteiger partial charge in [-0.3, -0.25) is 4.79 Å². The molecule has 5 nitrogen and oxygen atoms in total. The van der Waals surface area contributed by atoms with Crippen LogP contribution in [0.15, 0.2) is 0 Å². The summed E-state index contributed by atoms with van der Waals surface area (Å²) in [4.78, 5) is 10.7. The van der Waals surface area contributed by atoms with Crippen LogP contribution in [0.4, 0.5) is 0 Å². The lowest BCUT2D eigenvalue weighted by Gasteiger charge is -2.38. The highest BCUT2D eigenvalue weighted by molar-refractivity contribution is 5.79. The van der Waals surface area contributed by atoms with Crippen molar-refractivity contribution in [2.45, 2.75) is 44.9 Å². The van der Waals surface area contributed by atoms with Gasteiger partial charge in [-0.1, -0.05) is 0 Å². The Morgan fingerprint density at radius 3 is 2.14 bits per heavy atom.